The Morgan fingerprint density at radius 3 is 2.76 bits per heavy atom. The van der Waals surface area contributed by atoms with Crippen molar-refractivity contribution in [2.45, 2.75) is 19.8 Å². The predicted molar refractivity (Wildman–Crippen MR) is 76.6 cm³/mol. The zero-order valence-electron chi connectivity index (χ0n) is 11.6. The summed E-state index contributed by atoms with van der Waals surface area (Å²) in [6.07, 6.45) is 2.75. The molecule has 0 fully saturated rings. The fourth-order valence-electron chi connectivity index (χ4n) is 1.47. The van der Waals surface area contributed by atoms with Crippen molar-refractivity contribution in [1.82, 2.24) is 0 Å². The largest absolute Gasteiger partial charge is 0.478 e. The number of unbranched alkanes of at least 4 members (excludes halogenated alkanes) is 1. The maximum Gasteiger partial charge on any atom is 0.350 e. The van der Waals surface area contributed by atoms with E-state index in [2.05, 4.69) is 5.32 Å². The summed E-state index contributed by atoms with van der Waals surface area (Å²) in [5.74, 6) is -1.83. The SMILES string of the molecule is CCCCOC(=O)C(C#N)=CNc1ccccc1C(=O)O. The van der Waals surface area contributed by atoms with Crippen LogP contribution in [0, 0.1) is 11.3 Å². The second-order valence-electron chi connectivity index (χ2n) is 4.15. The Kier molecular flexibility index (Phi) is 6.48. The zero-order chi connectivity index (χ0) is 15.7. The van der Waals surface area contributed by atoms with Crippen molar-refractivity contribution >= 4 is 17.6 Å². The molecule has 0 amide bonds. The summed E-state index contributed by atoms with van der Waals surface area (Å²) in [6, 6.07) is 7.92. The van der Waals surface area contributed by atoms with Crippen LogP contribution in [0.15, 0.2) is 36.0 Å². The number of aromatic carboxylic acids is 1. The van der Waals surface area contributed by atoms with Crippen molar-refractivity contribution in [2.24, 2.45) is 0 Å². The number of rotatable bonds is 7. The van der Waals surface area contributed by atoms with Crippen LogP contribution in [-0.4, -0.2) is 23.7 Å². The molecule has 0 saturated heterocycles. The van der Waals surface area contributed by atoms with E-state index in [1.807, 2.05) is 6.92 Å². The van der Waals surface area contributed by atoms with Crippen LogP contribution in [0.5, 0.6) is 0 Å². The van der Waals surface area contributed by atoms with Gasteiger partial charge in [-0.05, 0) is 18.6 Å². The summed E-state index contributed by atoms with van der Waals surface area (Å²) < 4.78 is 4.92. The molecule has 0 bridgehead atoms. The molecule has 0 atom stereocenters. The van der Waals surface area contributed by atoms with Gasteiger partial charge < -0.3 is 15.2 Å². The van der Waals surface area contributed by atoms with Gasteiger partial charge in [0.15, 0.2) is 5.57 Å². The third kappa shape index (κ3) is 4.99. The Morgan fingerprint density at radius 1 is 1.43 bits per heavy atom. The minimum absolute atomic E-state index is 0.0467. The summed E-state index contributed by atoms with van der Waals surface area (Å²) in [7, 11) is 0. The van der Waals surface area contributed by atoms with Crippen LogP contribution in [0.4, 0.5) is 5.69 Å². The van der Waals surface area contributed by atoms with Gasteiger partial charge in [0.25, 0.3) is 0 Å². The fourth-order valence-corrected chi connectivity index (χ4v) is 1.47. The van der Waals surface area contributed by atoms with Crippen molar-refractivity contribution in [2.75, 3.05) is 11.9 Å². The molecule has 21 heavy (non-hydrogen) atoms. The molecule has 0 unspecified atom stereocenters. The molecule has 1 rings (SSSR count). The number of carboxylic acids is 1. The lowest BCUT2D eigenvalue weighted by Gasteiger charge is -2.06. The molecule has 0 aliphatic carbocycles. The molecule has 2 N–H and O–H groups in total. The molecular weight excluding hydrogens is 272 g/mol. The highest BCUT2D eigenvalue weighted by atomic mass is 16.5. The van der Waals surface area contributed by atoms with Crippen LogP contribution < -0.4 is 5.32 Å². The second-order valence-corrected chi connectivity index (χ2v) is 4.15. The Labute approximate surface area is 122 Å². The van der Waals surface area contributed by atoms with Gasteiger partial charge in [0, 0.05) is 6.20 Å². The van der Waals surface area contributed by atoms with Gasteiger partial charge in [0.1, 0.15) is 6.07 Å². The number of hydrogen-bond acceptors (Lipinski definition) is 5. The molecule has 0 spiro atoms. The first-order valence-corrected chi connectivity index (χ1v) is 6.46. The quantitative estimate of drug-likeness (QED) is 0.346. The first-order valence-electron chi connectivity index (χ1n) is 6.46. The smallest absolute Gasteiger partial charge is 0.350 e. The van der Waals surface area contributed by atoms with E-state index in [4.69, 9.17) is 15.1 Å². The average Bonchev–Trinajstić information content (AvgIpc) is 2.48. The molecule has 0 aliphatic rings. The Hall–Kier alpha value is -2.81. The molecule has 6 nitrogen and oxygen atoms in total. The highest BCUT2D eigenvalue weighted by molar-refractivity contribution is 5.96. The lowest BCUT2D eigenvalue weighted by atomic mass is 10.2. The van der Waals surface area contributed by atoms with Crippen LogP contribution in [0.1, 0.15) is 30.1 Å². The van der Waals surface area contributed by atoms with Gasteiger partial charge >= 0.3 is 11.9 Å². The van der Waals surface area contributed by atoms with E-state index in [0.717, 1.165) is 19.0 Å². The molecule has 1 aromatic rings. The van der Waals surface area contributed by atoms with Gasteiger partial charge in [0.2, 0.25) is 0 Å². The standard InChI is InChI=1S/C15H16N2O4/c1-2-3-8-21-15(20)11(9-16)10-17-13-7-5-4-6-12(13)14(18)19/h4-7,10,17H,2-3,8H2,1H3,(H,18,19). The Balaban J connectivity index is 2.80. The highest BCUT2D eigenvalue weighted by Gasteiger charge is 2.12. The van der Waals surface area contributed by atoms with E-state index in [-0.39, 0.29) is 17.7 Å². The summed E-state index contributed by atoms with van der Waals surface area (Å²) >= 11 is 0. The van der Waals surface area contributed by atoms with Crippen LogP contribution in [0.3, 0.4) is 0 Å². The van der Waals surface area contributed by atoms with E-state index in [0.29, 0.717) is 5.69 Å². The van der Waals surface area contributed by atoms with Crippen molar-refractivity contribution in [3.63, 3.8) is 0 Å². The number of anilines is 1. The number of benzene rings is 1. The summed E-state index contributed by atoms with van der Waals surface area (Å²) in [5.41, 5.74) is 0.121. The number of hydrogen-bond donors (Lipinski definition) is 2. The van der Waals surface area contributed by atoms with Gasteiger partial charge in [-0.1, -0.05) is 25.5 Å². The first-order chi connectivity index (χ1) is 10.1. The van der Waals surface area contributed by atoms with Crippen molar-refractivity contribution in [3.05, 3.63) is 41.6 Å². The normalized spacial score (nSPS) is 10.6. The van der Waals surface area contributed by atoms with Gasteiger partial charge in [-0.15, -0.1) is 0 Å². The number of carbonyl (C=O) groups is 2. The monoisotopic (exact) mass is 288 g/mol. The molecule has 110 valence electrons. The lowest BCUT2D eigenvalue weighted by molar-refractivity contribution is -0.138. The summed E-state index contributed by atoms with van der Waals surface area (Å²) in [6.45, 7) is 2.21. The van der Waals surface area contributed by atoms with Gasteiger partial charge in [-0.2, -0.15) is 5.26 Å². The number of para-hydroxylation sites is 1. The number of nitrogens with one attached hydrogen (secondary N) is 1. The van der Waals surface area contributed by atoms with Crippen molar-refractivity contribution < 1.29 is 19.4 Å². The van der Waals surface area contributed by atoms with E-state index < -0.39 is 11.9 Å². The Morgan fingerprint density at radius 2 is 2.14 bits per heavy atom. The van der Waals surface area contributed by atoms with Gasteiger partial charge in [-0.3, -0.25) is 0 Å². The number of nitriles is 1. The van der Waals surface area contributed by atoms with E-state index in [9.17, 15) is 9.59 Å². The minimum Gasteiger partial charge on any atom is -0.478 e. The van der Waals surface area contributed by atoms with Crippen LogP contribution in [0.25, 0.3) is 0 Å². The molecule has 0 saturated carbocycles. The van der Waals surface area contributed by atoms with Crippen LogP contribution in [-0.2, 0) is 9.53 Å². The summed E-state index contributed by atoms with van der Waals surface area (Å²) in [5, 5.41) is 20.6. The maximum atomic E-state index is 11.6. The van der Waals surface area contributed by atoms with Crippen molar-refractivity contribution in [3.8, 4) is 6.07 Å². The average molecular weight is 288 g/mol. The topological polar surface area (TPSA) is 99.4 Å². The highest BCUT2D eigenvalue weighted by Crippen LogP contribution is 2.15. The van der Waals surface area contributed by atoms with Crippen LogP contribution in [0.2, 0.25) is 0 Å². The Bertz CT molecular complexity index is 588. The molecule has 0 aliphatic heterocycles. The van der Waals surface area contributed by atoms with Gasteiger partial charge in [-0.25, -0.2) is 9.59 Å². The first kappa shape index (κ1) is 16.2. The second kappa shape index (κ2) is 8.38. The van der Waals surface area contributed by atoms with Gasteiger partial charge in [0.05, 0.1) is 17.9 Å². The minimum atomic E-state index is -1.10. The van der Waals surface area contributed by atoms with E-state index in [1.54, 1.807) is 18.2 Å². The number of carboxylic acid groups (broad SMARTS) is 1. The molecule has 0 aromatic heterocycles. The zero-order valence-corrected chi connectivity index (χ0v) is 11.6. The predicted octanol–water partition coefficient (Wildman–Crippen LogP) is 2.55. The van der Waals surface area contributed by atoms with E-state index in [1.165, 1.54) is 12.1 Å². The number of esters is 1. The molecule has 1 aromatic carbocycles. The third-order valence-electron chi connectivity index (χ3n) is 2.60. The molecule has 0 heterocycles. The fraction of sp³-hybridized carbons (Fsp3) is 0.267. The molecular formula is C15H16N2O4. The number of nitrogens with zero attached hydrogens (tertiary/aromatic N) is 1. The third-order valence-corrected chi connectivity index (χ3v) is 2.60. The number of ether oxygens (including phenoxy) is 1. The van der Waals surface area contributed by atoms with Crippen LogP contribution >= 0.6 is 0 Å². The molecule has 0 radical (unpaired) electrons. The summed E-state index contributed by atoms with van der Waals surface area (Å²) in [4.78, 5) is 22.6. The van der Waals surface area contributed by atoms with E-state index >= 15 is 0 Å². The maximum absolute atomic E-state index is 11.6. The lowest BCUT2D eigenvalue weighted by Crippen LogP contribution is -2.10. The number of carbonyl (C=O) groups excluding carboxylic acids is 1. The van der Waals surface area contributed by atoms with Crippen molar-refractivity contribution in [1.29, 1.82) is 5.26 Å². The molecule has 6 heteroatoms.